The Bertz CT molecular complexity index is 654. The van der Waals surface area contributed by atoms with Gasteiger partial charge in [-0.1, -0.05) is 37.3 Å². The maximum atomic E-state index is 12.0. The van der Waals surface area contributed by atoms with Gasteiger partial charge in [0, 0.05) is 30.8 Å². The zero-order valence-electron chi connectivity index (χ0n) is 15.3. The average molecular weight is 335 g/mol. The maximum absolute atomic E-state index is 12.0. The second-order valence-electron chi connectivity index (χ2n) is 7.17. The van der Waals surface area contributed by atoms with Gasteiger partial charge in [0.05, 0.1) is 0 Å². The molecule has 1 aliphatic rings. The Morgan fingerprint density at radius 3 is 2.32 bits per heavy atom. The number of Topliss-reactive ketones (excluding diaryl/α,β-unsaturated/α-hetero) is 1. The van der Waals surface area contributed by atoms with Crippen LogP contribution in [0.15, 0.2) is 54.6 Å². The molecule has 1 aliphatic heterocycles. The number of ketones is 1. The smallest absolute Gasteiger partial charge is 0.162 e. The number of anilines is 1. The second kappa shape index (κ2) is 8.84. The molecular formula is C23H29NO. The molecule has 0 aliphatic carbocycles. The number of carbonyl (C=O) groups excluding carboxylic acids is 1. The van der Waals surface area contributed by atoms with Crippen LogP contribution in [0.2, 0.25) is 0 Å². The van der Waals surface area contributed by atoms with Crippen LogP contribution in [0.3, 0.4) is 0 Å². The SMILES string of the molecule is CCCC(=O)c1ccc(N2CCC(CCc3ccccc3)CC2)cc1. The lowest BCUT2D eigenvalue weighted by molar-refractivity contribution is 0.0982. The Hall–Kier alpha value is -2.09. The molecule has 0 unspecified atom stereocenters. The second-order valence-corrected chi connectivity index (χ2v) is 7.17. The third-order valence-electron chi connectivity index (χ3n) is 5.33. The quantitative estimate of drug-likeness (QED) is 0.621. The summed E-state index contributed by atoms with van der Waals surface area (Å²) >= 11 is 0. The highest BCUT2D eigenvalue weighted by atomic mass is 16.1. The van der Waals surface area contributed by atoms with Gasteiger partial charge in [0.2, 0.25) is 0 Å². The third kappa shape index (κ3) is 4.94. The van der Waals surface area contributed by atoms with Crippen LogP contribution in [0.5, 0.6) is 0 Å². The van der Waals surface area contributed by atoms with E-state index < -0.39 is 0 Å². The van der Waals surface area contributed by atoms with E-state index in [1.54, 1.807) is 0 Å². The van der Waals surface area contributed by atoms with Crippen LogP contribution in [-0.2, 0) is 6.42 Å². The van der Waals surface area contributed by atoms with Crippen molar-refractivity contribution in [1.82, 2.24) is 0 Å². The summed E-state index contributed by atoms with van der Waals surface area (Å²) in [6, 6.07) is 19.0. The molecule has 25 heavy (non-hydrogen) atoms. The number of nitrogens with zero attached hydrogens (tertiary/aromatic N) is 1. The number of benzene rings is 2. The van der Waals surface area contributed by atoms with E-state index in [1.165, 1.54) is 36.9 Å². The van der Waals surface area contributed by atoms with Crippen LogP contribution in [0.4, 0.5) is 5.69 Å². The van der Waals surface area contributed by atoms with Crippen LogP contribution in [0.1, 0.15) is 54.9 Å². The molecule has 2 aromatic carbocycles. The molecule has 1 heterocycles. The van der Waals surface area contributed by atoms with Gasteiger partial charge in [-0.15, -0.1) is 0 Å². The van der Waals surface area contributed by atoms with Crippen molar-refractivity contribution in [2.75, 3.05) is 18.0 Å². The number of piperidine rings is 1. The molecule has 0 saturated carbocycles. The predicted octanol–water partition coefficient (Wildman–Crippen LogP) is 5.52. The molecule has 0 radical (unpaired) electrons. The molecule has 132 valence electrons. The minimum Gasteiger partial charge on any atom is -0.372 e. The fraction of sp³-hybridized carbons (Fsp3) is 0.435. The molecule has 0 spiro atoms. The monoisotopic (exact) mass is 335 g/mol. The molecule has 0 bridgehead atoms. The maximum Gasteiger partial charge on any atom is 0.162 e. The number of hydrogen-bond acceptors (Lipinski definition) is 2. The first-order valence-corrected chi connectivity index (χ1v) is 9.68. The normalized spacial score (nSPS) is 15.3. The molecule has 1 saturated heterocycles. The highest BCUT2D eigenvalue weighted by Gasteiger charge is 2.19. The van der Waals surface area contributed by atoms with Crippen molar-refractivity contribution in [3.8, 4) is 0 Å². The summed E-state index contributed by atoms with van der Waals surface area (Å²) in [7, 11) is 0. The van der Waals surface area contributed by atoms with E-state index in [1.807, 2.05) is 19.1 Å². The topological polar surface area (TPSA) is 20.3 Å². The van der Waals surface area contributed by atoms with Gasteiger partial charge in [0.15, 0.2) is 5.78 Å². The van der Waals surface area contributed by atoms with Crippen molar-refractivity contribution >= 4 is 11.5 Å². The summed E-state index contributed by atoms with van der Waals surface area (Å²) < 4.78 is 0. The summed E-state index contributed by atoms with van der Waals surface area (Å²) in [4.78, 5) is 14.4. The van der Waals surface area contributed by atoms with Crippen molar-refractivity contribution in [2.24, 2.45) is 5.92 Å². The summed E-state index contributed by atoms with van der Waals surface area (Å²) in [6.45, 7) is 4.30. The van der Waals surface area contributed by atoms with E-state index in [4.69, 9.17) is 0 Å². The first-order chi connectivity index (χ1) is 12.3. The van der Waals surface area contributed by atoms with Gasteiger partial charge in [-0.3, -0.25) is 4.79 Å². The summed E-state index contributed by atoms with van der Waals surface area (Å²) in [5.74, 6) is 1.09. The van der Waals surface area contributed by atoms with Crippen molar-refractivity contribution in [2.45, 2.75) is 45.4 Å². The lowest BCUT2D eigenvalue weighted by Gasteiger charge is -2.33. The highest BCUT2D eigenvalue weighted by Crippen LogP contribution is 2.26. The Balaban J connectivity index is 1.48. The lowest BCUT2D eigenvalue weighted by Crippen LogP contribution is -2.33. The van der Waals surface area contributed by atoms with Gasteiger partial charge < -0.3 is 4.90 Å². The highest BCUT2D eigenvalue weighted by molar-refractivity contribution is 5.96. The van der Waals surface area contributed by atoms with Crippen molar-refractivity contribution in [3.05, 3.63) is 65.7 Å². The molecule has 0 aromatic heterocycles. The van der Waals surface area contributed by atoms with Gasteiger partial charge in [0.1, 0.15) is 0 Å². The summed E-state index contributed by atoms with van der Waals surface area (Å²) in [6.07, 6.45) is 6.58. The van der Waals surface area contributed by atoms with Crippen LogP contribution < -0.4 is 4.90 Å². The van der Waals surface area contributed by atoms with E-state index in [-0.39, 0.29) is 5.78 Å². The van der Waals surface area contributed by atoms with E-state index in [0.717, 1.165) is 31.0 Å². The largest absolute Gasteiger partial charge is 0.372 e. The zero-order chi connectivity index (χ0) is 17.5. The number of hydrogen-bond donors (Lipinski definition) is 0. The molecule has 1 fully saturated rings. The van der Waals surface area contributed by atoms with Gasteiger partial charge in [-0.2, -0.15) is 0 Å². The van der Waals surface area contributed by atoms with Crippen molar-refractivity contribution in [1.29, 1.82) is 0 Å². The van der Waals surface area contributed by atoms with E-state index in [0.29, 0.717) is 6.42 Å². The Morgan fingerprint density at radius 2 is 1.68 bits per heavy atom. The predicted molar refractivity (Wildman–Crippen MR) is 105 cm³/mol. The lowest BCUT2D eigenvalue weighted by atomic mass is 9.90. The molecule has 3 rings (SSSR count). The van der Waals surface area contributed by atoms with Crippen LogP contribution in [0.25, 0.3) is 0 Å². The molecular weight excluding hydrogens is 306 g/mol. The minimum atomic E-state index is 0.258. The molecule has 2 aromatic rings. The van der Waals surface area contributed by atoms with Crippen molar-refractivity contribution < 1.29 is 4.79 Å². The van der Waals surface area contributed by atoms with E-state index >= 15 is 0 Å². The molecule has 0 N–H and O–H groups in total. The van der Waals surface area contributed by atoms with Gasteiger partial charge in [-0.25, -0.2) is 0 Å². The van der Waals surface area contributed by atoms with Crippen molar-refractivity contribution in [3.63, 3.8) is 0 Å². The zero-order valence-corrected chi connectivity index (χ0v) is 15.3. The van der Waals surface area contributed by atoms with Crippen LogP contribution >= 0.6 is 0 Å². The molecule has 2 nitrogen and oxygen atoms in total. The Kier molecular flexibility index (Phi) is 6.27. The first-order valence-electron chi connectivity index (χ1n) is 9.68. The average Bonchev–Trinajstić information content (AvgIpc) is 2.68. The van der Waals surface area contributed by atoms with E-state index in [2.05, 4.69) is 47.4 Å². The number of carbonyl (C=O) groups is 1. The Morgan fingerprint density at radius 1 is 1.00 bits per heavy atom. The summed E-state index contributed by atoms with van der Waals surface area (Å²) in [5, 5.41) is 0. The fourth-order valence-electron chi connectivity index (χ4n) is 3.72. The van der Waals surface area contributed by atoms with Gasteiger partial charge in [0.25, 0.3) is 0 Å². The van der Waals surface area contributed by atoms with Gasteiger partial charge in [-0.05, 0) is 67.9 Å². The van der Waals surface area contributed by atoms with Crippen LogP contribution in [0, 0.1) is 5.92 Å². The van der Waals surface area contributed by atoms with E-state index in [9.17, 15) is 4.79 Å². The molecule has 0 atom stereocenters. The number of rotatable bonds is 7. The minimum absolute atomic E-state index is 0.258. The molecule has 0 amide bonds. The first kappa shape index (κ1) is 17.7. The third-order valence-corrected chi connectivity index (χ3v) is 5.33. The number of aryl methyl sites for hydroxylation is 1. The fourth-order valence-corrected chi connectivity index (χ4v) is 3.72. The molecule has 2 heteroatoms. The van der Waals surface area contributed by atoms with Gasteiger partial charge >= 0.3 is 0 Å². The van der Waals surface area contributed by atoms with Crippen LogP contribution in [-0.4, -0.2) is 18.9 Å². The standard InChI is InChI=1S/C23H29NO/c1-2-6-23(25)21-11-13-22(14-12-21)24-17-15-20(16-18-24)10-9-19-7-4-3-5-8-19/h3-5,7-8,11-14,20H,2,6,9-10,15-18H2,1H3. The summed E-state index contributed by atoms with van der Waals surface area (Å²) in [5.41, 5.74) is 3.56. The Labute approximate surface area is 151 Å².